The van der Waals surface area contributed by atoms with Crippen LogP contribution in [0.15, 0.2) is 18.2 Å². The Morgan fingerprint density at radius 2 is 2.32 bits per heavy atom. The van der Waals surface area contributed by atoms with Crippen LogP contribution in [0, 0.1) is 16.0 Å². The monoisotopic (exact) mass is 326 g/mol. The van der Waals surface area contributed by atoms with Gasteiger partial charge in [-0.25, -0.2) is 0 Å². The zero-order chi connectivity index (χ0) is 16.1. The highest BCUT2D eigenvalue weighted by molar-refractivity contribution is 6.31. The van der Waals surface area contributed by atoms with Crippen molar-refractivity contribution in [1.29, 1.82) is 0 Å². The van der Waals surface area contributed by atoms with Gasteiger partial charge in [0, 0.05) is 30.2 Å². The van der Waals surface area contributed by atoms with Crippen molar-refractivity contribution in [3.8, 4) is 0 Å². The molecule has 0 saturated carbocycles. The molecule has 1 unspecified atom stereocenters. The highest BCUT2D eigenvalue weighted by Gasteiger charge is 2.27. The molecule has 1 atom stereocenters. The minimum Gasteiger partial charge on any atom is -0.466 e. The van der Waals surface area contributed by atoms with Crippen molar-refractivity contribution in [1.82, 2.24) is 4.90 Å². The number of nitro groups is 1. The maximum absolute atomic E-state index is 11.8. The van der Waals surface area contributed by atoms with Crippen LogP contribution in [0.4, 0.5) is 5.69 Å². The molecule has 0 bridgehead atoms. The van der Waals surface area contributed by atoms with E-state index in [9.17, 15) is 14.9 Å². The van der Waals surface area contributed by atoms with Crippen LogP contribution < -0.4 is 0 Å². The highest BCUT2D eigenvalue weighted by atomic mass is 35.5. The molecule has 1 aliphatic heterocycles. The molecule has 0 aromatic heterocycles. The number of rotatable bonds is 5. The van der Waals surface area contributed by atoms with Crippen LogP contribution in [0.5, 0.6) is 0 Å². The van der Waals surface area contributed by atoms with E-state index in [1.54, 1.807) is 13.0 Å². The van der Waals surface area contributed by atoms with E-state index in [0.717, 1.165) is 19.4 Å². The van der Waals surface area contributed by atoms with Crippen molar-refractivity contribution in [3.63, 3.8) is 0 Å². The average Bonchev–Trinajstić information content (AvgIpc) is 2.50. The molecule has 1 fully saturated rings. The molecule has 7 heteroatoms. The SMILES string of the molecule is CCOC(=O)C1CCCN(Cc2cc([N+](=O)[O-])ccc2Cl)C1. The Morgan fingerprint density at radius 1 is 1.55 bits per heavy atom. The van der Waals surface area contributed by atoms with Gasteiger partial charge in [0.15, 0.2) is 0 Å². The van der Waals surface area contributed by atoms with Crippen molar-refractivity contribution in [2.75, 3.05) is 19.7 Å². The summed E-state index contributed by atoms with van der Waals surface area (Å²) in [5.41, 5.74) is 0.735. The zero-order valence-corrected chi connectivity index (χ0v) is 13.2. The molecular formula is C15H19ClN2O4. The van der Waals surface area contributed by atoms with Gasteiger partial charge in [-0.1, -0.05) is 11.6 Å². The number of piperidine rings is 1. The minimum atomic E-state index is -0.433. The number of nitrogens with zero attached hydrogens (tertiary/aromatic N) is 2. The van der Waals surface area contributed by atoms with Crippen molar-refractivity contribution in [2.45, 2.75) is 26.3 Å². The fourth-order valence-electron chi connectivity index (χ4n) is 2.69. The Balaban J connectivity index is 2.05. The van der Waals surface area contributed by atoms with Gasteiger partial charge >= 0.3 is 5.97 Å². The van der Waals surface area contributed by atoms with Crippen molar-refractivity contribution < 1.29 is 14.5 Å². The van der Waals surface area contributed by atoms with Gasteiger partial charge in [-0.05, 0) is 37.9 Å². The molecule has 0 radical (unpaired) electrons. The van der Waals surface area contributed by atoms with E-state index in [1.807, 2.05) is 0 Å². The van der Waals surface area contributed by atoms with Gasteiger partial charge in [0.2, 0.25) is 0 Å². The first-order valence-electron chi connectivity index (χ1n) is 7.33. The first kappa shape index (κ1) is 16.7. The molecule has 0 aliphatic carbocycles. The summed E-state index contributed by atoms with van der Waals surface area (Å²) in [6.45, 7) is 4.11. The Kier molecular flexibility index (Phi) is 5.74. The lowest BCUT2D eigenvalue weighted by atomic mass is 9.97. The predicted molar refractivity (Wildman–Crippen MR) is 82.7 cm³/mol. The fourth-order valence-corrected chi connectivity index (χ4v) is 2.87. The molecule has 1 heterocycles. The van der Waals surface area contributed by atoms with E-state index >= 15 is 0 Å². The molecule has 1 aliphatic rings. The van der Waals surface area contributed by atoms with E-state index in [1.165, 1.54) is 12.1 Å². The summed E-state index contributed by atoms with van der Waals surface area (Å²) in [6.07, 6.45) is 1.72. The van der Waals surface area contributed by atoms with E-state index in [4.69, 9.17) is 16.3 Å². The second-order valence-corrected chi connectivity index (χ2v) is 5.77. The number of benzene rings is 1. The second kappa shape index (κ2) is 7.56. The molecule has 22 heavy (non-hydrogen) atoms. The number of hydrogen-bond acceptors (Lipinski definition) is 5. The summed E-state index contributed by atoms with van der Waals surface area (Å²) in [7, 11) is 0. The molecule has 120 valence electrons. The largest absolute Gasteiger partial charge is 0.466 e. The lowest BCUT2D eigenvalue weighted by molar-refractivity contribution is -0.384. The predicted octanol–water partition coefficient (Wildman–Crippen LogP) is 3.02. The topological polar surface area (TPSA) is 72.7 Å². The van der Waals surface area contributed by atoms with Crippen LogP contribution in [-0.4, -0.2) is 35.5 Å². The molecule has 0 amide bonds. The maximum Gasteiger partial charge on any atom is 0.310 e. The Bertz CT molecular complexity index is 564. The number of nitro benzene ring substituents is 1. The Labute approximate surface area is 134 Å². The van der Waals surface area contributed by atoms with Crippen LogP contribution in [0.3, 0.4) is 0 Å². The number of halogens is 1. The summed E-state index contributed by atoms with van der Waals surface area (Å²) in [6, 6.07) is 4.43. The van der Waals surface area contributed by atoms with E-state index in [2.05, 4.69) is 4.90 Å². The molecule has 1 saturated heterocycles. The lowest BCUT2D eigenvalue weighted by Crippen LogP contribution is -2.39. The third-order valence-corrected chi connectivity index (χ3v) is 4.13. The summed E-state index contributed by atoms with van der Waals surface area (Å²) in [5.74, 6) is -0.302. The van der Waals surface area contributed by atoms with Crippen LogP contribution in [0.2, 0.25) is 5.02 Å². The quantitative estimate of drug-likeness (QED) is 0.472. The van der Waals surface area contributed by atoms with Gasteiger partial charge in [0.25, 0.3) is 5.69 Å². The number of carbonyl (C=O) groups is 1. The van der Waals surface area contributed by atoms with Gasteiger partial charge in [-0.3, -0.25) is 19.8 Å². The summed E-state index contributed by atoms with van der Waals surface area (Å²) in [5, 5.41) is 11.4. The molecule has 1 aromatic rings. The van der Waals surface area contributed by atoms with Crippen LogP contribution in [0.25, 0.3) is 0 Å². The Morgan fingerprint density at radius 3 is 3.00 bits per heavy atom. The second-order valence-electron chi connectivity index (χ2n) is 5.36. The van der Waals surface area contributed by atoms with Crippen LogP contribution in [0.1, 0.15) is 25.3 Å². The standard InChI is InChI=1S/C15H19ClN2O4/c1-2-22-15(19)11-4-3-7-17(9-11)10-12-8-13(18(20)21)5-6-14(12)16/h5-6,8,11H,2-4,7,9-10H2,1H3. The minimum absolute atomic E-state index is 0.0263. The molecular weight excluding hydrogens is 308 g/mol. The van der Waals surface area contributed by atoms with Gasteiger partial charge in [0.05, 0.1) is 17.4 Å². The van der Waals surface area contributed by atoms with Crippen molar-refractivity contribution in [2.24, 2.45) is 5.92 Å². The highest BCUT2D eigenvalue weighted by Crippen LogP contribution is 2.26. The maximum atomic E-state index is 11.8. The van der Waals surface area contributed by atoms with Gasteiger partial charge < -0.3 is 4.74 Å². The van der Waals surface area contributed by atoms with Crippen LogP contribution in [-0.2, 0) is 16.1 Å². The van der Waals surface area contributed by atoms with Gasteiger partial charge in [-0.15, -0.1) is 0 Å². The molecule has 6 nitrogen and oxygen atoms in total. The molecule has 2 rings (SSSR count). The third-order valence-electron chi connectivity index (χ3n) is 3.76. The smallest absolute Gasteiger partial charge is 0.310 e. The number of likely N-dealkylation sites (tertiary alicyclic amines) is 1. The number of non-ortho nitro benzene ring substituents is 1. The Hall–Kier alpha value is -1.66. The fraction of sp³-hybridized carbons (Fsp3) is 0.533. The van der Waals surface area contributed by atoms with E-state index in [-0.39, 0.29) is 17.6 Å². The van der Waals surface area contributed by atoms with Crippen molar-refractivity contribution in [3.05, 3.63) is 38.9 Å². The molecule has 0 N–H and O–H groups in total. The summed E-state index contributed by atoms with van der Waals surface area (Å²) < 4.78 is 5.07. The first-order chi connectivity index (χ1) is 10.5. The lowest BCUT2D eigenvalue weighted by Gasteiger charge is -2.31. The number of esters is 1. The molecule has 1 aromatic carbocycles. The molecule has 0 spiro atoms. The average molecular weight is 327 g/mol. The van der Waals surface area contributed by atoms with Gasteiger partial charge in [0.1, 0.15) is 0 Å². The van der Waals surface area contributed by atoms with E-state index < -0.39 is 4.92 Å². The van der Waals surface area contributed by atoms with E-state index in [0.29, 0.717) is 30.3 Å². The zero-order valence-electron chi connectivity index (χ0n) is 12.5. The number of hydrogen-bond donors (Lipinski definition) is 0. The first-order valence-corrected chi connectivity index (χ1v) is 7.71. The van der Waals surface area contributed by atoms with Crippen molar-refractivity contribution >= 4 is 23.3 Å². The summed E-state index contributed by atoms with van der Waals surface area (Å²) >= 11 is 6.13. The number of ether oxygens (including phenoxy) is 1. The number of carbonyl (C=O) groups excluding carboxylic acids is 1. The van der Waals surface area contributed by atoms with Crippen LogP contribution >= 0.6 is 11.6 Å². The van der Waals surface area contributed by atoms with Gasteiger partial charge in [-0.2, -0.15) is 0 Å². The normalized spacial score (nSPS) is 18.9. The third kappa shape index (κ3) is 4.18. The summed E-state index contributed by atoms with van der Waals surface area (Å²) in [4.78, 5) is 24.4.